The molecule has 0 atom stereocenters. The largest absolute Gasteiger partial charge is 0.357 e. The molecule has 0 amide bonds. The molecule has 0 spiro atoms. The van der Waals surface area contributed by atoms with E-state index in [2.05, 4.69) is 37.3 Å². The molecule has 0 aliphatic heterocycles. The number of anilines is 1. The monoisotopic (exact) mass is 295 g/mol. The van der Waals surface area contributed by atoms with Gasteiger partial charge in [0.05, 0.1) is 5.69 Å². The minimum atomic E-state index is 0.693. The molecule has 0 fully saturated rings. The first kappa shape index (κ1) is 10.2. The van der Waals surface area contributed by atoms with Crippen LogP contribution in [0.5, 0.6) is 0 Å². The number of alkyl halides is 1. The molecule has 0 aromatic carbocycles. The van der Waals surface area contributed by atoms with Crippen molar-refractivity contribution < 1.29 is 0 Å². The van der Waals surface area contributed by atoms with Gasteiger partial charge in [0.15, 0.2) is 0 Å². The number of hydrogen-bond donors (Lipinski definition) is 1. The number of halogens is 1. The van der Waals surface area contributed by atoms with Gasteiger partial charge >= 0.3 is 0 Å². The number of thiophene rings is 1. The molecule has 0 saturated heterocycles. The fraction of sp³-hybridized carbons (Fsp3) is 0.273. The predicted octanol–water partition coefficient (Wildman–Crippen LogP) is 3.05. The molecule has 3 nitrogen and oxygen atoms in total. The first-order chi connectivity index (χ1) is 7.81. The van der Waals surface area contributed by atoms with Gasteiger partial charge in [-0.05, 0) is 6.07 Å². The summed E-state index contributed by atoms with van der Waals surface area (Å²) in [7, 11) is 1.84. The van der Waals surface area contributed by atoms with Crippen molar-refractivity contribution in [2.75, 3.05) is 12.4 Å². The SMILES string of the molecule is CNc1ncc2c(n1)-c1cc(CBr)sc1C2. The number of nitrogens with one attached hydrogen (secondary N) is 1. The number of nitrogens with zero attached hydrogens (tertiary/aromatic N) is 2. The average molecular weight is 296 g/mol. The van der Waals surface area contributed by atoms with Crippen LogP contribution in [-0.4, -0.2) is 17.0 Å². The van der Waals surface area contributed by atoms with E-state index in [9.17, 15) is 0 Å². The summed E-state index contributed by atoms with van der Waals surface area (Å²) in [6.07, 6.45) is 2.90. The summed E-state index contributed by atoms with van der Waals surface area (Å²) in [4.78, 5) is 11.5. The van der Waals surface area contributed by atoms with E-state index in [0.29, 0.717) is 5.95 Å². The smallest absolute Gasteiger partial charge is 0.222 e. The summed E-state index contributed by atoms with van der Waals surface area (Å²) >= 11 is 5.35. The lowest BCUT2D eigenvalue weighted by Crippen LogP contribution is -1.97. The van der Waals surface area contributed by atoms with E-state index >= 15 is 0 Å². The average Bonchev–Trinajstić information content (AvgIpc) is 2.85. The maximum absolute atomic E-state index is 4.53. The molecule has 2 heterocycles. The van der Waals surface area contributed by atoms with E-state index in [1.807, 2.05) is 24.6 Å². The van der Waals surface area contributed by atoms with Crippen molar-refractivity contribution in [1.29, 1.82) is 0 Å². The summed E-state index contributed by atoms with van der Waals surface area (Å²) in [5.74, 6) is 0.693. The molecule has 0 radical (unpaired) electrons. The molecule has 1 N–H and O–H groups in total. The molecule has 3 rings (SSSR count). The van der Waals surface area contributed by atoms with E-state index in [0.717, 1.165) is 17.4 Å². The zero-order valence-electron chi connectivity index (χ0n) is 8.75. The van der Waals surface area contributed by atoms with E-state index in [4.69, 9.17) is 0 Å². The lowest BCUT2D eigenvalue weighted by atomic mass is 10.2. The summed E-state index contributed by atoms with van der Waals surface area (Å²) < 4.78 is 0. The Kier molecular flexibility index (Phi) is 2.44. The highest BCUT2D eigenvalue weighted by molar-refractivity contribution is 9.08. The van der Waals surface area contributed by atoms with E-state index in [1.165, 1.54) is 20.9 Å². The Balaban J connectivity index is 2.14. The lowest BCUT2D eigenvalue weighted by Gasteiger charge is -2.01. The Morgan fingerprint density at radius 2 is 2.44 bits per heavy atom. The highest BCUT2D eigenvalue weighted by atomic mass is 79.9. The third kappa shape index (κ3) is 1.46. The molecule has 0 saturated carbocycles. The Bertz CT molecular complexity index is 550. The van der Waals surface area contributed by atoms with Crippen LogP contribution in [0.1, 0.15) is 15.3 Å². The van der Waals surface area contributed by atoms with E-state index < -0.39 is 0 Å². The second kappa shape index (κ2) is 3.82. The van der Waals surface area contributed by atoms with Crippen LogP contribution in [0.3, 0.4) is 0 Å². The number of rotatable bonds is 2. The molecule has 1 aliphatic rings. The Morgan fingerprint density at radius 1 is 1.56 bits per heavy atom. The molecule has 2 aromatic rings. The molecule has 2 aromatic heterocycles. The maximum Gasteiger partial charge on any atom is 0.222 e. The number of fused-ring (bicyclic) bond motifs is 3. The molecular formula is C11H10BrN3S. The van der Waals surface area contributed by atoms with Gasteiger partial charge in [0.25, 0.3) is 0 Å². The zero-order valence-corrected chi connectivity index (χ0v) is 11.2. The predicted molar refractivity (Wildman–Crippen MR) is 70.3 cm³/mol. The van der Waals surface area contributed by atoms with Crippen molar-refractivity contribution in [3.63, 3.8) is 0 Å². The minimum absolute atomic E-state index is 0.693. The lowest BCUT2D eigenvalue weighted by molar-refractivity contribution is 1.12. The standard InChI is InChI=1S/C11H10BrN3S/c1-13-11-14-5-6-2-9-8(10(6)15-11)3-7(4-12)16-9/h3,5H,2,4H2,1H3,(H,13,14,15). The number of hydrogen-bond acceptors (Lipinski definition) is 4. The van der Waals surface area contributed by atoms with Crippen molar-refractivity contribution in [2.24, 2.45) is 0 Å². The van der Waals surface area contributed by atoms with Crippen LogP contribution in [0.2, 0.25) is 0 Å². The van der Waals surface area contributed by atoms with E-state index in [1.54, 1.807) is 0 Å². The summed E-state index contributed by atoms with van der Waals surface area (Å²) in [5, 5.41) is 3.90. The second-order valence-corrected chi connectivity index (χ2v) is 5.46. The van der Waals surface area contributed by atoms with Crippen LogP contribution >= 0.6 is 27.3 Å². The van der Waals surface area contributed by atoms with Crippen LogP contribution < -0.4 is 5.32 Å². The van der Waals surface area contributed by atoms with Crippen molar-refractivity contribution in [3.8, 4) is 11.3 Å². The Hall–Kier alpha value is -0.940. The topological polar surface area (TPSA) is 37.8 Å². The minimum Gasteiger partial charge on any atom is -0.357 e. The first-order valence-electron chi connectivity index (χ1n) is 5.03. The van der Waals surface area contributed by atoms with Gasteiger partial charge in [0.1, 0.15) is 0 Å². The van der Waals surface area contributed by atoms with Gasteiger partial charge < -0.3 is 5.32 Å². The zero-order chi connectivity index (χ0) is 11.1. The molecule has 1 aliphatic carbocycles. The van der Waals surface area contributed by atoms with Crippen molar-refractivity contribution >= 4 is 33.2 Å². The van der Waals surface area contributed by atoms with Crippen LogP contribution in [0.4, 0.5) is 5.95 Å². The highest BCUT2D eigenvalue weighted by Gasteiger charge is 2.23. The Labute approximate surface area is 106 Å². The van der Waals surface area contributed by atoms with Gasteiger partial charge in [-0.15, -0.1) is 11.3 Å². The van der Waals surface area contributed by atoms with Gasteiger partial charge in [-0.2, -0.15) is 0 Å². The normalized spacial score (nSPS) is 12.4. The Morgan fingerprint density at radius 3 is 3.19 bits per heavy atom. The molecule has 5 heteroatoms. The molecule has 0 bridgehead atoms. The van der Waals surface area contributed by atoms with Crippen molar-refractivity contribution in [1.82, 2.24) is 9.97 Å². The van der Waals surface area contributed by atoms with Crippen molar-refractivity contribution in [2.45, 2.75) is 11.8 Å². The first-order valence-corrected chi connectivity index (χ1v) is 6.97. The van der Waals surface area contributed by atoms with Crippen LogP contribution in [0.25, 0.3) is 11.3 Å². The number of aromatic nitrogens is 2. The van der Waals surface area contributed by atoms with Crippen LogP contribution in [-0.2, 0) is 11.8 Å². The molecule has 0 unspecified atom stereocenters. The van der Waals surface area contributed by atoms with Crippen molar-refractivity contribution in [3.05, 3.63) is 27.6 Å². The van der Waals surface area contributed by atoms with Gasteiger partial charge in [0.2, 0.25) is 5.95 Å². The third-order valence-corrected chi connectivity index (χ3v) is 4.80. The molecule has 16 heavy (non-hydrogen) atoms. The van der Waals surface area contributed by atoms with Gasteiger partial charge in [-0.1, -0.05) is 15.9 Å². The second-order valence-electron chi connectivity index (χ2n) is 3.68. The van der Waals surface area contributed by atoms with Crippen LogP contribution in [0, 0.1) is 0 Å². The fourth-order valence-electron chi connectivity index (χ4n) is 1.94. The molecular weight excluding hydrogens is 286 g/mol. The van der Waals surface area contributed by atoms with Gasteiger partial charge in [0, 0.05) is 45.9 Å². The van der Waals surface area contributed by atoms with Gasteiger partial charge in [-0.25, -0.2) is 9.97 Å². The summed E-state index contributed by atoms with van der Waals surface area (Å²) in [6.45, 7) is 0. The van der Waals surface area contributed by atoms with E-state index in [-0.39, 0.29) is 0 Å². The molecule has 82 valence electrons. The highest BCUT2D eigenvalue weighted by Crippen LogP contribution is 2.41. The van der Waals surface area contributed by atoms with Gasteiger partial charge in [-0.3, -0.25) is 0 Å². The van der Waals surface area contributed by atoms with Crippen LogP contribution in [0.15, 0.2) is 12.3 Å². The fourth-order valence-corrected chi connectivity index (χ4v) is 3.49. The summed E-state index contributed by atoms with van der Waals surface area (Å²) in [6, 6.07) is 2.23. The quantitative estimate of drug-likeness (QED) is 0.739. The third-order valence-electron chi connectivity index (χ3n) is 2.69. The summed E-state index contributed by atoms with van der Waals surface area (Å²) in [5.41, 5.74) is 3.62. The maximum atomic E-state index is 4.53.